The second kappa shape index (κ2) is 12.1. The van der Waals surface area contributed by atoms with Crippen molar-refractivity contribution in [1.82, 2.24) is 15.2 Å². The molecule has 3 amide bonds. The molecule has 0 aliphatic rings. The van der Waals surface area contributed by atoms with E-state index in [1.54, 1.807) is 40.6 Å². The third-order valence-electron chi connectivity index (χ3n) is 4.84. The van der Waals surface area contributed by atoms with Crippen LogP contribution in [0.15, 0.2) is 41.8 Å². The summed E-state index contributed by atoms with van der Waals surface area (Å²) < 4.78 is 0. The summed E-state index contributed by atoms with van der Waals surface area (Å²) in [6.07, 6.45) is 0.564. The largest absolute Gasteiger partial charge is 0.350 e. The molecule has 0 aliphatic carbocycles. The number of hydrogen-bond acceptors (Lipinski definition) is 4. The highest BCUT2D eigenvalue weighted by molar-refractivity contribution is 7.09. The maximum atomic E-state index is 12.8. The van der Waals surface area contributed by atoms with Gasteiger partial charge in [-0.15, -0.1) is 11.3 Å². The molecule has 3 aromatic rings. The van der Waals surface area contributed by atoms with Crippen molar-refractivity contribution in [2.75, 3.05) is 11.9 Å². The Hall–Kier alpha value is -2.03. The lowest BCUT2D eigenvalue weighted by molar-refractivity contribution is 0.0949. The van der Waals surface area contributed by atoms with Gasteiger partial charge in [-0.25, -0.2) is 9.78 Å². The van der Waals surface area contributed by atoms with Crippen molar-refractivity contribution in [3.63, 3.8) is 0 Å². The van der Waals surface area contributed by atoms with E-state index < -0.39 is 0 Å². The van der Waals surface area contributed by atoms with Crippen molar-refractivity contribution in [3.05, 3.63) is 78.1 Å². The van der Waals surface area contributed by atoms with Crippen molar-refractivity contribution in [3.8, 4) is 0 Å². The van der Waals surface area contributed by atoms with Crippen LogP contribution in [-0.2, 0) is 13.0 Å². The van der Waals surface area contributed by atoms with Gasteiger partial charge in [-0.2, -0.15) is 0 Å². The van der Waals surface area contributed by atoms with Gasteiger partial charge in [-0.05, 0) is 56.2 Å². The summed E-state index contributed by atoms with van der Waals surface area (Å²) >= 11 is 25.4. The first kappa shape index (κ1) is 26.6. The summed E-state index contributed by atoms with van der Waals surface area (Å²) in [7, 11) is 0. The number of thiazole rings is 1. The molecule has 6 nitrogen and oxygen atoms in total. The molecule has 2 N–H and O–H groups in total. The second-order valence-electron chi connectivity index (χ2n) is 7.65. The fourth-order valence-electron chi connectivity index (χ4n) is 3.02. The zero-order chi connectivity index (χ0) is 24.8. The van der Waals surface area contributed by atoms with E-state index in [1.807, 2.05) is 19.9 Å². The SMILES string of the molecule is CC(C)N(Cc1nc(C(=O)NCCc2ccc(Cl)cc2Cl)cs1)C(=O)Nc1ccc(Cl)c(Cl)c1. The molecule has 1 heterocycles. The van der Waals surface area contributed by atoms with Gasteiger partial charge in [0, 0.05) is 33.7 Å². The van der Waals surface area contributed by atoms with Crippen LogP contribution >= 0.6 is 57.7 Å². The van der Waals surface area contributed by atoms with E-state index in [4.69, 9.17) is 46.4 Å². The molecule has 0 saturated carbocycles. The Morgan fingerprint density at radius 1 is 1.03 bits per heavy atom. The first-order valence-corrected chi connectivity index (χ1v) is 12.7. The quantitative estimate of drug-likeness (QED) is 0.307. The predicted molar refractivity (Wildman–Crippen MR) is 141 cm³/mol. The van der Waals surface area contributed by atoms with E-state index in [0.717, 1.165) is 5.56 Å². The lowest BCUT2D eigenvalue weighted by Gasteiger charge is -2.26. The zero-order valence-corrected chi connectivity index (χ0v) is 22.2. The molecule has 11 heteroatoms. The maximum Gasteiger partial charge on any atom is 0.322 e. The fraction of sp³-hybridized carbons (Fsp3) is 0.261. The minimum absolute atomic E-state index is 0.104. The van der Waals surface area contributed by atoms with Crippen LogP contribution in [0.3, 0.4) is 0 Å². The average Bonchev–Trinajstić information content (AvgIpc) is 3.24. The molecule has 0 aliphatic heterocycles. The number of nitrogens with one attached hydrogen (secondary N) is 2. The number of hydrogen-bond donors (Lipinski definition) is 2. The van der Waals surface area contributed by atoms with E-state index in [-0.39, 0.29) is 24.5 Å². The van der Waals surface area contributed by atoms with Crippen molar-refractivity contribution in [1.29, 1.82) is 0 Å². The molecule has 3 rings (SSSR count). The van der Waals surface area contributed by atoms with E-state index >= 15 is 0 Å². The van der Waals surface area contributed by atoms with Gasteiger partial charge in [0.15, 0.2) is 0 Å². The zero-order valence-electron chi connectivity index (χ0n) is 18.4. The maximum absolute atomic E-state index is 12.8. The van der Waals surface area contributed by atoms with Crippen LogP contribution in [-0.4, -0.2) is 34.4 Å². The second-order valence-corrected chi connectivity index (χ2v) is 10.2. The molecule has 0 bridgehead atoms. The molecular formula is C23H22Cl4N4O2S. The standard InChI is InChI=1S/C23H22Cl4N4O2S/c1-13(2)31(23(33)29-16-5-6-17(25)19(27)10-16)11-21-30-20(12-34-21)22(32)28-8-7-14-3-4-15(24)9-18(14)26/h3-6,9-10,12-13H,7-8,11H2,1-2H3,(H,28,32)(H,29,33). The van der Waals surface area contributed by atoms with Crippen molar-refractivity contribution >= 4 is 75.4 Å². The number of carbonyl (C=O) groups excluding carboxylic acids is 2. The summed E-state index contributed by atoms with van der Waals surface area (Å²) in [6, 6.07) is 9.73. The first-order chi connectivity index (χ1) is 16.1. The molecule has 0 radical (unpaired) electrons. The predicted octanol–water partition coefficient (Wildman–Crippen LogP) is 7.17. The molecule has 34 heavy (non-hydrogen) atoms. The number of nitrogens with zero attached hydrogens (tertiary/aromatic N) is 2. The van der Waals surface area contributed by atoms with Gasteiger partial charge >= 0.3 is 6.03 Å². The number of rotatable bonds is 8. The van der Waals surface area contributed by atoms with Crippen LogP contribution in [0.1, 0.15) is 34.9 Å². The van der Waals surface area contributed by atoms with Crippen molar-refractivity contribution in [2.45, 2.75) is 32.9 Å². The van der Waals surface area contributed by atoms with Gasteiger partial charge in [0.25, 0.3) is 5.91 Å². The van der Waals surface area contributed by atoms with Gasteiger partial charge < -0.3 is 15.5 Å². The van der Waals surface area contributed by atoms with E-state index in [1.165, 1.54) is 11.3 Å². The van der Waals surface area contributed by atoms with Crippen LogP contribution in [0.5, 0.6) is 0 Å². The van der Waals surface area contributed by atoms with E-state index in [2.05, 4.69) is 15.6 Å². The summed E-state index contributed by atoms with van der Waals surface area (Å²) in [5, 5.41) is 9.86. The summed E-state index contributed by atoms with van der Waals surface area (Å²) in [6.45, 7) is 4.45. The Morgan fingerprint density at radius 2 is 1.79 bits per heavy atom. The number of carbonyl (C=O) groups is 2. The Morgan fingerprint density at radius 3 is 2.47 bits per heavy atom. The van der Waals surface area contributed by atoms with Crippen molar-refractivity contribution < 1.29 is 9.59 Å². The molecule has 0 spiro atoms. The number of anilines is 1. The molecule has 0 saturated heterocycles. The Balaban J connectivity index is 1.57. The van der Waals surface area contributed by atoms with Crippen molar-refractivity contribution in [2.24, 2.45) is 0 Å². The highest BCUT2D eigenvalue weighted by Gasteiger charge is 2.20. The third-order valence-corrected chi connectivity index (χ3v) is 7.00. The molecule has 180 valence electrons. The van der Waals surface area contributed by atoms with Gasteiger partial charge in [0.1, 0.15) is 10.7 Å². The average molecular weight is 560 g/mol. The highest BCUT2D eigenvalue weighted by atomic mass is 35.5. The highest BCUT2D eigenvalue weighted by Crippen LogP contribution is 2.26. The van der Waals surface area contributed by atoms with Crippen LogP contribution in [0.2, 0.25) is 20.1 Å². The summed E-state index contributed by atoms with van der Waals surface area (Å²) in [5.41, 5.74) is 1.73. The lowest BCUT2D eigenvalue weighted by atomic mass is 10.1. The number of urea groups is 1. The Bertz CT molecular complexity index is 1190. The normalized spacial score (nSPS) is 10.9. The molecule has 0 unspecified atom stereocenters. The van der Waals surface area contributed by atoms with Gasteiger partial charge in [-0.3, -0.25) is 4.79 Å². The molecular weight excluding hydrogens is 538 g/mol. The topological polar surface area (TPSA) is 74.3 Å². The first-order valence-electron chi connectivity index (χ1n) is 10.3. The molecule has 2 aromatic carbocycles. The van der Waals surface area contributed by atoms with Gasteiger partial charge in [0.2, 0.25) is 0 Å². The summed E-state index contributed by atoms with van der Waals surface area (Å²) in [4.78, 5) is 31.4. The van der Waals surface area contributed by atoms with Crippen LogP contribution in [0, 0.1) is 0 Å². The number of amides is 3. The van der Waals surface area contributed by atoms with Crippen LogP contribution < -0.4 is 10.6 Å². The summed E-state index contributed by atoms with van der Waals surface area (Å²) in [5.74, 6) is -0.288. The molecule has 1 aromatic heterocycles. The number of aromatic nitrogens is 1. The van der Waals surface area contributed by atoms with Crippen LogP contribution in [0.4, 0.5) is 10.5 Å². The molecule has 0 fully saturated rings. The lowest BCUT2D eigenvalue weighted by Crippen LogP contribution is -2.39. The number of benzene rings is 2. The van der Waals surface area contributed by atoms with E-state index in [0.29, 0.717) is 49.4 Å². The fourth-order valence-corrected chi connectivity index (χ4v) is 4.59. The Kier molecular flexibility index (Phi) is 9.45. The van der Waals surface area contributed by atoms with Gasteiger partial charge in [0.05, 0.1) is 16.6 Å². The minimum Gasteiger partial charge on any atom is -0.350 e. The monoisotopic (exact) mass is 558 g/mol. The molecule has 0 atom stereocenters. The van der Waals surface area contributed by atoms with E-state index in [9.17, 15) is 9.59 Å². The number of halogens is 4. The van der Waals surface area contributed by atoms with Gasteiger partial charge in [-0.1, -0.05) is 52.5 Å². The smallest absolute Gasteiger partial charge is 0.322 e. The minimum atomic E-state index is -0.311. The van der Waals surface area contributed by atoms with Crippen LogP contribution in [0.25, 0.3) is 0 Å². The Labute approximate surface area is 222 Å². The third kappa shape index (κ3) is 7.23.